The van der Waals surface area contributed by atoms with Crippen LogP contribution in [0.3, 0.4) is 0 Å². The fourth-order valence-electron chi connectivity index (χ4n) is 2.46. The van der Waals surface area contributed by atoms with Gasteiger partial charge in [-0.15, -0.1) is 0 Å². The monoisotopic (exact) mass is 292 g/mol. The van der Waals surface area contributed by atoms with Crippen molar-refractivity contribution >= 4 is 11.8 Å². The molecular weight excluding hydrogens is 272 g/mol. The number of aryl methyl sites for hydroxylation is 1. The van der Waals surface area contributed by atoms with Gasteiger partial charge in [0.2, 0.25) is 5.91 Å². The van der Waals surface area contributed by atoms with Gasteiger partial charge in [-0.3, -0.25) is 14.4 Å². The Kier molecular flexibility index (Phi) is 4.72. The van der Waals surface area contributed by atoms with Crippen molar-refractivity contribution < 1.29 is 9.59 Å². The van der Waals surface area contributed by atoms with Crippen molar-refractivity contribution in [1.29, 1.82) is 0 Å². The first-order valence-corrected chi connectivity index (χ1v) is 7.19. The van der Waals surface area contributed by atoms with Gasteiger partial charge in [0, 0.05) is 31.6 Å². The number of primary amides is 1. The van der Waals surface area contributed by atoms with E-state index in [4.69, 9.17) is 5.73 Å². The highest BCUT2D eigenvalue weighted by Crippen LogP contribution is 2.17. The van der Waals surface area contributed by atoms with Crippen molar-refractivity contribution in [3.63, 3.8) is 0 Å². The maximum absolute atomic E-state index is 12.4. The molecule has 0 unspecified atom stereocenters. The van der Waals surface area contributed by atoms with Crippen LogP contribution in [0.2, 0.25) is 0 Å². The van der Waals surface area contributed by atoms with Crippen LogP contribution in [-0.4, -0.2) is 39.6 Å². The van der Waals surface area contributed by atoms with Gasteiger partial charge in [-0.2, -0.15) is 5.10 Å². The summed E-state index contributed by atoms with van der Waals surface area (Å²) in [5, 5.41) is 4.11. The predicted octanol–water partition coefficient (Wildman–Crippen LogP) is -0.00920. The molecule has 21 heavy (non-hydrogen) atoms. The van der Waals surface area contributed by atoms with E-state index >= 15 is 0 Å². The normalized spacial score (nSPS) is 16.0. The summed E-state index contributed by atoms with van der Waals surface area (Å²) in [6.45, 7) is 3.41. The molecule has 2 heterocycles. The van der Waals surface area contributed by atoms with Crippen molar-refractivity contribution in [2.45, 2.75) is 32.7 Å². The second-order valence-electron chi connectivity index (χ2n) is 5.25. The van der Waals surface area contributed by atoms with Crippen LogP contribution in [0.1, 0.15) is 36.7 Å². The minimum Gasteiger partial charge on any atom is -0.369 e. The van der Waals surface area contributed by atoms with Gasteiger partial charge in [-0.25, -0.2) is 4.68 Å². The average molecular weight is 292 g/mol. The van der Waals surface area contributed by atoms with Crippen LogP contribution in [0.15, 0.2) is 16.9 Å². The average Bonchev–Trinajstić information content (AvgIpc) is 2.49. The van der Waals surface area contributed by atoms with Gasteiger partial charge in [0.1, 0.15) is 5.69 Å². The van der Waals surface area contributed by atoms with Gasteiger partial charge >= 0.3 is 0 Å². The molecule has 0 aliphatic carbocycles. The lowest BCUT2D eigenvalue weighted by molar-refractivity contribution is -0.123. The fraction of sp³-hybridized carbons (Fsp3) is 0.571. The Hall–Kier alpha value is -2.18. The Morgan fingerprint density at radius 1 is 1.33 bits per heavy atom. The number of carbonyl (C=O) groups is 2. The van der Waals surface area contributed by atoms with E-state index in [0.717, 1.165) is 6.42 Å². The third-order valence-electron chi connectivity index (χ3n) is 3.71. The van der Waals surface area contributed by atoms with E-state index in [1.54, 1.807) is 4.90 Å². The van der Waals surface area contributed by atoms with E-state index in [0.29, 0.717) is 32.5 Å². The van der Waals surface area contributed by atoms with E-state index in [1.807, 2.05) is 6.92 Å². The minimum atomic E-state index is -0.309. The molecule has 0 aromatic carbocycles. The second-order valence-corrected chi connectivity index (χ2v) is 5.25. The van der Waals surface area contributed by atoms with Crippen LogP contribution in [0, 0.1) is 5.92 Å². The molecule has 2 rings (SSSR count). The van der Waals surface area contributed by atoms with Crippen molar-refractivity contribution in [2.75, 3.05) is 13.1 Å². The minimum absolute atomic E-state index is 0.156. The Morgan fingerprint density at radius 2 is 2.00 bits per heavy atom. The molecule has 0 radical (unpaired) electrons. The largest absolute Gasteiger partial charge is 0.369 e. The maximum atomic E-state index is 12.4. The first kappa shape index (κ1) is 15.2. The smallest absolute Gasteiger partial charge is 0.274 e. The van der Waals surface area contributed by atoms with E-state index < -0.39 is 0 Å². The van der Waals surface area contributed by atoms with Crippen molar-refractivity contribution in [3.8, 4) is 0 Å². The molecule has 7 heteroatoms. The fourth-order valence-corrected chi connectivity index (χ4v) is 2.46. The number of hydrogen-bond acceptors (Lipinski definition) is 4. The number of piperidine rings is 1. The molecule has 1 aromatic rings. The van der Waals surface area contributed by atoms with E-state index in [-0.39, 0.29) is 29.0 Å². The number of carbonyl (C=O) groups excluding carboxylic acids is 2. The molecule has 0 atom stereocenters. The number of nitrogens with two attached hydrogens (primary N) is 1. The Balaban J connectivity index is 2.09. The number of aromatic nitrogens is 2. The van der Waals surface area contributed by atoms with Crippen molar-refractivity contribution in [3.05, 3.63) is 28.2 Å². The molecule has 114 valence electrons. The number of rotatable bonds is 4. The van der Waals surface area contributed by atoms with Gasteiger partial charge in [0.05, 0.1) is 0 Å². The molecule has 1 fully saturated rings. The van der Waals surface area contributed by atoms with Gasteiger partial charge in [0.25, 0.3) is 11.5 Å². The summed E-state index contributed by atoms with van der Waals surface area (Å²) in [7, 11) is 0. The lowest BCUT2D eigenvalue weighted by atomic mass is 9.96. The summed E-state index contributed by atoms with van der Waals surface area (Å²) in [4.78, 5) is 36.8. The summed E-state index contributed by atoms with van der Waals surface area (Å²) >= 11 is 0. The summed E-state index contributed by atoms with van der Waals surface area (Å²) in [5.41, 5.74) is 5.33. The van der Waals surface area contributed by atoms with Crippen LogP contribution >= 0.6 is 0 Å². The summed E-state index contributed by atoms with van der Waals surface area (Å²) in [6, 6.07) is 2.82. The highest BCUT2D eigenvalue weighted by atomic mass is 16.2. The molecule has 0 bridgehead atoms. The quantitative estimate of drug-likeness (QED) is 0.843. The molecule has 1 saturated heterocycles. The number of likely N-dealkylation sites (tertiary alicyclic amines) is 1. The topological polar surface area (TPSA) is 98.3 Å². The predicted molar refractivity (Wildman–Crippen MR) is 76.6 cm³/mol. The van der Waals surface area contributed by atoms with Crippen molar-refractivity contribution in [1.82, 2.24) is 14.7 Å². The Bertz CT molecular complexity index is 588. The zero-order valence-electron chi connectivity index (χ0n) is 12.1. The van der Waals surface area contributed by atoms with Gasteiger partial charge < -0.3 is 10.6 Å². The molecule has 0 spiro atoms. The van der Waals surface area contributed by atoms with E-state index in [1.165, 1.54) is 16.8 Å². The molecule has 1 aliphatic rings. The second kappa shape index (κ2) is 6.51. The summed E-state index contributed by atoms with van der Waals surface area (Å²) in [5.74, 6) is -0.671. The molecule has 2 N–H and O–H groups in total. The third kappa shape index (κ3) is 3.48. The van der Waals surface area contributed by atoms with Crippen LogP contribution < -0.4 is 11.3 Å². The SMILES string of the molecule is CCCn1nc(C(=O)N2CCC(C(N)=O)CC2)ccc1=O. The summed E-state index contributed by atoms with van der Waals surface area (Å²) < 4.78 is 1.31. The molecule has 2 amide bonds. The van der Waals surface area contributed by atoms with Gasteiger partial charge in [-0.1, -0.05) is 6.92 Å². The maximum Gasteiger partial charge on any atom is 0.274 e. The molecule has 1 aromatic heterocycles. The Morgan fingerprint density at radius 3 is 2.57 bits per heavy atom. The highest BCUT2D eigenvalue weighted by Gasteiger charge is 2.27. The molecular formula is C14H20N4O3. The first-order chi connectivity index (χ1) is 10.0. The van der Waals surface area contributed by atoms with Crippen LogP contribution in [0.4, 0.5) is 0 Å². The first-order valence-electron chi connectivity index (χ1n) is 7.19. The lowest BCUT2D eigenvalue weighted by Crippen LogP contribution is -2.42. The molecule has 7 nitrogen and oxygen atoms in total. The van der Waals surface area contributed by atoms with Crippen molar-refractivity contribution in [2.24, 2.45) is 11.7 Å². The number of nitrogens with zero attached hydrogens (tertiary/aromatic N) is 3. The Labute approximate surface area is 122 Å². The summed E-state index contributed by atoms with van der Waals surface area (Å²) in [6.07, 6.45) is 1.93. The standard InChI is InChI=1S/C14H20N4O3/c1-2-7-18-12(19)4-3-11(16-18)14(21)17-8-5-10(6-9-17)13(15)20/h3-4,10H,2,5-9H2,1H3,(H2,15,20). The third-order valence-corrected chi connectivity index (χ3v) is 3.71. The zero-order chi connectivity index (χ0) is 15.4. The molecule has 1 aliphatic heterocycles. The molecule has 0 saturated carbocycles. The zero-order valence-corrected chi connectivity index (χ0v) is 12.1. The van der Waals surface area contributed by atoms with Gasteiger partial charge in [-0.05, 0) is 25.3 Å². The van der Waals surface area contributed by atoms with Crippen LogP contribution in [0.25, 0.3) is 0 Å². The number of hydrogen-bond donors (Lipinski definition) is 1. The highest BCUT2D eigenvalue weighted by molar-refractivity contribution is 5.92. The number of amides is 2. The van der Waals surface area contributed by atoms with Crippen LogP contribution in [-0.2, 0) is 11.3 Å². The van der Waals surface area contributed by atoms with E-state index in [9.17, 15) is 14.4 Å². The van der Waals surface area contributed by atoms with E-state index in [2.05, 4.69) is 5.10 Å². The van der Waals surface area contributed by atoms with Gasteiger partial charge in [0.15, 0.2) is 0 Å². The van der Waals surface area contributed by atoms with Crippen LogP contribution in [0.5, 0.6) is 0 Å². The lowest BCUT2D eigenvalue weighted by Gasteiger charge is -2.30.